The van der Waals surface area contributed by atoms with Gasteiger partial charge in [-0.15, -0.1) is 0 Å². The molecular weight excluding hydrogens is 210 g/mol. The fourth-order valence-corrected chi connectivity index (χ4v) is 2.65. The predicted octanol–water partition coefficient (Wildman–Crippen LogP) is 4.34. The van der Waals surface area contributed by atoms with E-state index in [1.54, 1.807) is 6.26 Å². The summed E-state index contributed by atoms with van der Waals surface area (Å²) in [6.07, 6.45) is 4.21. The normalized spacial score (nSPS) is 23.4. The number of rotatable bonds is 1. The minimum atomic E-state index is 0.566. The topological polar surface area (TPSA) is 26.0 Å². The molecule has 2 heteroatoms. The third kappa shape index (κ3) is 1.78. The van der Waals surface area contributed by atoms with Crippen molar-refractivity contribution in [1.29, 1.82) is 0 Å². The van der Waals surface area contributed by atoms with Gasteiger partial charge in [-0.2, -0.15) is 0 Å². The van der Waals surface area contributed by atoms with E-state index in [2.05, 4.69) is 26.0 Å². The van der Waals surface area contributed by atoms with Gasteiger partial charge in [0.2, 0.25) is 0 Å². The molecule has 2 unspecified atom stereocenters. The van der Waals surface area contributed by atoms with Crippen molar-refractivity contribution in [3.63, 3.8) is 0 Å². The smallest absolute Gasteiger partial charge is 0.152 e. The van der Waals surface area contributed by atoms with Crippen LogP contribution in [0.15, 0.2) is 34.9 Å². The van der Waals surface area contributed by atoms with Gasteiger partial charge in [0.15, 0.2) is 5.76 Å². The van der Waals surface area contributed by atoms with Crippen LogP contribution in [0.4, 0.5) is 0 Å². The Balaban J connectivity index is 2.09. The van der Waals surface area contributed by atoms with E-state index in [-0.39, 0.29) is 0 Å². The van der Waals surface area contributed by atoms with Gasteiger partial charge in [0.25, 0.3) is 0 Å². The van der Waals surface area contributed by atoms with Gasteiger partial charge in [-0.05, 0) is 48.4 Å². The van der Waals surface area contributed by atoms with Crippen molar-refractivity contribution >= 4 is 0 Å². The molecule has 2 aromatic heterocycles. The maximum Gasteiger partial charge on any atom is 0.152 e. The van der Waals surface area contributed by atoms with Crippen LogP contribution in [0.1, 0.15) is 49.8 Å². The Morgan fingerprint density at radius 2 is 1.94 bits per heavy atom. The molecule has 0 saturated heterocycles. The third-order valence-corrected chi connectivity index (χ3v) is 3.76. The average molecular weight is 227 g/mol. The predicted molar refractivity (Wildman–Crippen MR) is 68.0 cm³/mol. The summed E-state index contributed by atoms with van der Waals surface area (Å²) in [5, 5.41) is 0. The van der Waals surface area contributed by atoms with Crippen LogP contribution in [-0.2, 0) is 0 Å². The van der Waals surface area contributed by atoms with Crippen LogP contribution in [0.25, 0.3) is 11.5 Å². The summed E-state index contributed by atoms with van der Waals surface area (Å²) in [6, 6.07) is 8.17. The zero-order valence-electron chi connectivity index (χ0n) is 10.3. The van der Waals surface area contributed by atoms with Gasteiger partial charge in [0.1, 0.15) is 5.69 Å². The van der Waals surface area contributed by atoms with Crippen molar-refractivity contribution in [3.05, 3.63) is 41.8 Å². The maximum atomic E-state index is 5.41. The van der Waals surface area contributed by atoms with Crippen LogP contribution in [0, 0.1) is 0 Å². The Morgan fingerprint density at radius 3 is 2.71 bits per heavy atom. The molecule has 88 valence electrons. The number of furan rings is 1. The maximum absolute atomic E-state index is 5.41. The first kappa shape index (κ1) is 10.6. The Morgan fingerprint density at radius 1 is 1.12 bits per heavy atom. The molecule has 0 aromatic carbocycles. The van der Waals surface area contributed by atoms with Crippen molar-refractivity contribution in [2.45, 2.75) is 38.5 Å². The fraction of sp³-hybridized carbons (Fsp3) is 0.400. The monoisotopic (exact) mass is 227 g/mol. The largest absolute Gasteiger partial charge is 0.463 e. The van der Waals surface area contributed by atoms with E-state index < -0.39 is 0 Å². The first-order valence-electron chi connectivity index (χ1n) is 6.30. The second kappa shape index (κ2) is 4.02. The van der Waals surface area contributed by atoms with Crippen LogP contribution >= 0.6 is 0 Å². The Bertz CT molecular complexity index is 516. The first-order chi connectivity index (χ1) is 8.25. The number of aromatic nitrogens is 1. The molecule has 1 aliphatic rings. The molecule has 0 N–H and O–H groups in total. The van der Waals surface area contributed by atoms with Gasteiger partial charge in [-0.3, -0.25) is 0 Å². The molecule has 2 aromatic rings. The summed E-state index contributed by atoms with van der Waals surface area (Å²) >= 11 is 0. The van der Waals surface area contributed by atoms with Crippen molar-refractivity contribution < 1.29 is 4.42 Å². The summed E-state index contributed by atoms with van der Waals surface area (Å²) in [6.45, 7) is 4.56. The van der Waals surface area contributed by atoms with E-state index in [1.165, 1.54) is 24.1 Å². The van der Waals surface area contributed by atoms with Gasteiger partial charge in [-0.25, -0.2) is 4.98 Å². The van der Waals surface area contributed by atoms with E-state index in [1.807, 2.05) is 12.1 Å². The Hall–Kier alpha value is -1.57. The van der Waals surface area contributed by atoms with Crippen LogP contribution in [0.3, 0.4) is 0 Å². The quantitative estimate of drug-likeness (QED) is 0.724. The van der Waals surface area contributed by atoms with Crippen LogP contribution in [-0.4, -0.2) is 4.98 Å². The molecule has 0 radical (unpaired) electrons. The molecular formula is C15H17NO. The number of hydrogen-bond donors (Lipinski definition) is 0. The molecule has 1 aliphatic carbocycles. The average Bonchev–Trinajstić information content (AvgIpc) is 2.87. The van der Waals surface area contributed by atoms with Crippen molar-refractivity contribution in [3.8, 4) is 11.5 Å². The van der Waals surface area contributed by atoms with E-state index in [4.69, 9.17) is 9.40 Å². The van der Waals surface area contributed by atoms with Crippen LogP contribution < -0.4 is 0 Å². The van der Waals surface area contributed by atoms with Gasteiger partial charge >= 0.3 is 0 Å². The summed E-state index contributed by atoms with van der Waals surface area (Å²) in [4.78, 5) is 4.79. The zero-order chi connectivity index (χ0) is 11.8. The highest BCUT2D eigenvalue weighted by Crippen LogP contribution is 2.38. The highest BCUT2D eigenvalue weighted by Gasteiger charge is 2.23. The molecule has 0 amide bonds. The van der Waals surface area contributed by atoms with E-state index >= 15 is 0 Å². The lowest BCUT2D eigenvalue weighted by Crippen LogP contribution is -2.12. The number of hydrogen-bond acceptors (Lipinski definition) is 2. The summed E-state index contributed by atoms with van der Waals surface area (Å²) < 4.78 is 5.41. The number of fused-ring (bicyclic) bond motifs is 1. The summed E-state index contributed by atoms with van der Waals surface area (Å²) in [5.74, 6) is 2.06. The standard InChI is InChI=1S/C15H17NO/c1-10-5-6-11(2)15-12(10)7-8-13(16-15)14-4-3-9-17-14/h3-4,7-11H,5-6H2,1-2H3. The Labute approximate surface area is 102 Å². The molecule has 0 fully saturated rings. The number of pyridine rings is 1. The Kier molecular flexibility index (Phi) is 2.50. The molecule has 2 heterocycles. The third-order valence-electron chi connectivity index (χ3n) is 3.76. The SMILES string of the molecule is CC1CCC(C)c2nc(-c3ccco3)ccc21. The van der Waals surface area contributed by atoms with Crippen molar-refractivity contribution in [2.75, 3.05) is 0 Å². The molecule has 0 saturated carbocycles. The molecule has 3 rings (SSSR count). The summed E-state index contributed by atoms with van der Waals surface area (Å²) in [7, 11) is 0. The van der Waals surface area contributed by atoms with Gasteiger partial charge in [0.05, 0.1) is 6.26 Å². The van der Waals surface area contributed by atoms with Crippen molar-refractivity contribution in [1.82, 2.24) is 4.98 Å². The fourth-order valence-electron chi connectivity index (χ4n) is 2.65. The second-order valence-corrected chi connectivity index (χ2v) is 5.03. The molecule has 2 atom stereocenters. The van der Waals surface area contributed by atoms with E-state index in [9.17, 15) is 0 Å². The van der Waals surface area contributed by atoms with Gasteiger partial charge in [-0.1, -0.05) is 19.9 Å². The van der Waals surface area contributed by atoms with Crippen LogP contribution in [0.5, 0.6) is 0 Å². The molecule has 0 aliphatic heterocycles. The minimum absolute atomic E-state index is 0.566. The molecule has 2 nitrogen and oxygen atoms in total. The summed E-state index contributed by atoms with van der Waals surface area (Å²) in [5.41, 5.74) is 3.63. The molecule has 0 bridgehead atoms. The van der Waals surface area contributed by atoms with Gasteiger partial charge in [0, 0.05) is 5.69 Å². The number of nitrogens with zero attached hydrogens (tertiary/aromatic N) is 1. The van der Waals surface area contributed by atoms with Crippen LogP contribution in [0.2, 0.25) is 0 Å². The van der Waals surface area contributed by atoms with Crippen molar-refractivity contribution in [2.24, 2.45) is 0 Å². The highest BCUT2D eigenvalue weighted by atomic mass is 16.3. The lowest BCUT2D eigenvalue weighted by atomic mass is 9.81. The van der Waals surface area contributed by atoms with Gasteiger partial charge < -0.3 is 4.42 Å². The lowest BCUT2D eigenvalue weighted by Gasteiger charge is -2.26. The minimum Gasteiger partial charge on any atom is -0.463 e. The molecule has 0 spiro atoms. The van der Waals surface area contributed by atoms with E-state index in [0.717, 1.165) is 11.5 Å². The highest BCUT2D eigenvalue weighted by molar-refractivity contribution is 5.53. The second-order valence-electron chi connectivity index (χ2n) is 5.03. The molecule has 17 heavy (non-hydrogen) atoms. The lowest BCUT2D eigenvalue weighted by molar-refractivity contribution is 0.513. The first-order valence-corrected chi connectivity index (χ1v) is 6.30. The van der Waals surface area contributed by atoms with E-state index in [0.29, 0.717) is 11.8 Å². The zero-order valence-corrected chi connectivity index (χ0v) is 10.3.